The van der Waals surface area contributed by atoms with E-state index in [4.69, 9.17) is 39.4 Å². The number of ether oxygens (including phenoxy) is 1. The van der Waals surface area contributed by atoms with Crippen LogP contribution in [-0.2, 0) is 4.74 Å². The van der Waals surface area contributed by atoms with Gasteiger partial charge in [0.15, 0.2) is 5.82 Å². The van der Waals surface area contributed by atoms with Crippen molar-refractivity contribution in [1.29, 1.82) is 0 Å². The highest BCUT2D eigenvalue weighted by Crippen LogP contribution is 2.34. The zero-order chi connectivity index (χ0) is 18.9. The van der Waals surface area contributed by atoms with Crippen LogP contribution in [0, 0.1) is 0 Å². The minimum atomic E-state index is -0.691. The lowest BCUT2D eigenvalue weighted by molar-refractivity contribution is 0.169. The van der Waals surface area contributed by atoms with Gasteiger partial charge in [-0.2, -0.15) is 4.98 Å². The van der Waals surface area contributed by atoms with Crippen molar-refractivity contribution in [1.82, 2.24) is 15.2 Å². The Labute approximate surface area is 168 Å². The largest absolute Gasteiger partial charge is 0.448 e. The second-order valence-corrected chi connectivity index (χ2v) is 8.15. The van der Waals surface area contributed by atoms with Gasteiger partial charge in [0, 0.05) is 23.6 Å². The molecule has 0 unspecified atom stereocenters. The molecular weight excluding hydrogens is 419 g/mol. The van der Waals surface area contributed by atoms with Crippen LogP contribution in [-0.4, -0.2) is 45.9 Å². The smallest absolute Gasteiger partial charge is 0.414 e. The minimum absolute atomic E-state index is 0.0493. The van der Waals surface area contributed by atoms with E-state index in [1.165, 1.54) is 0 Å². The summed E-state index contributed by atoms with van der Waals surface area (Å²) in [6.07, 6.45) is -0.691. The van der Waals surface area contributed by atoms with Gasteiger partial charge < -0.3 is 16.2 Å². The second kappa shape index (κ2) is 10.6. The minimum Gasteiger partial charge on any atom is -0.448 e. The number of nitrogens with zero attached hydrogens (tertiary/aromatic N) is 3. The first-order valence-corrected chi connectivity index (χ1v) is 10.6. The Kier molecular flexibility index (Phi) is 8.52. The molecule has 2 aromatic rings. The Hall–Kier alpha value is -1.46. The molecule has 8 nitrogen and oxygen atoms in total. The van der Waals surface area contributed by atoms with Gasteiger partial charge in [-0.3, -0.25) is 5.32 Å². The SMILES string of the molecule is NCCSSCCOC(=O)Nc1nnc(-c2cccc(Cl)c2Cl)c(N)n1. The van der Waals surface area contributed by atoms with E-state index in [2.05, 4.69) is 20.5 Å². The van der Waals surface area contributed by atoms with Crippen LogP contribution in [0.2, 0.25) is 10.0 Å². The van der Waals surface area contributed by atoms with Crippen molar-refractivity contribution < 1.29 is 9.53 Å². The average Bonchev–Trinajstić information content (AvgIpc) is 2.61. The number of hydrogen-bond acceptors (Lipinski definition) is 9. The van der Waals surface area contributed by atoms with E-state index >= 15 is 0 Å². The molecule has 5 N–H and O–H groups in total. The second-order valence-electron chi connectivity index (χ2n) is 4.66. The first-order valence-electron chi connectivity index (χ1n) is 7.35. The van der Waals surface area contributed by atoms with Crippen molar-refractivity contribution >= 4 is 62.6 Å². The number of hydrogen-bond donors (Lipinski definition) is 3. The van der Waals surface area contributed by atoms with Gasteiger partial charge in [0.05, 0.1) is 10.0 Å². The molecule has 0 saturated carbocycles. The number of nitrogens with one attached hydrogen (secondary N) is 1. The first-order chi connectivity index (χ1) is 12.5. The Morgan fingerprint density at radius 1 is 1.23 bits per heavy atom. The van der Waals surface area contributed by atoms with Crippen molar-refractivity contribution in [3.63, 3.8) is 0 Å². The third-order valence-corrected chi connectivity index (χ3v) is 6.04. The molecule has 0 spiro atoms. The predicted molar refractivity (Wildman–Crippen MR) is 109 cm³/mol. The molecule has 0 fully saturated rings. The van der Waals surface area contributed by atoms with E-state index in [1.807, 2.05) is 0 Å². The highest BCUT2D eigenvalue weighted by Gasteiger charge is 2.15. The summed E-state index contributed by atoms with van der Waals surface area (Å²) in [5.74, 6) is 1.47. The molecule has 140 valence electrons. The van der Waals surface area contributed by atoms with Crippen LogP contribution in [0.4, 0.5) is 16.6 Å². The van der Waals surface area contributed by atoms with Crippen LogP contribution in [0.15, 0.2) is 18.2 Å². The van der Waals surface area contributed by atoms with Crippen LogP contribution in [0.5, 0.6) is 0 Å². The van der Waals surface area contributed by atoms with Crippen molar-refractivity contribution in [2.45, 2.75) is 0 Å². The maximum absolute atomic E-state index is 11.7. The zero-order valence-electron chi connectivity index (χ0n) is 13.4. The Morgan fingerprint density at radius 3 is 2.73 bits per heavy atom. The van der Waals surface area contributed by atoms with E-state index < -0.39 is 6.09 Å². The van der Waals surface area contributed by atoms with E-state index in [0.717, 1.165) is 5.75 Å². The summed E-state index contributed by atoms with van der Waals surface area (Å²) in [6.45, 7) is 0.856. The molecule has 0 saturated heterocycles. The van der Waals surface area contributed by atoms with Crippen LogP contribution in [0.3, 0.4) is 0 Å². The van der Waals surface area contributed by atoms with Gasteiger partial charge in [-0.15, -0.1) is 10.2 Å². The number of anilines is 2. The molecular formula is C14H16Cl2N6O2S2. The number of rotatable bonds is 8. The third kappa shape index (κ3) is 6.06. The molecule has 2 rings (SSSR count). The van der Waals surface area contributed by atoms with Gasteiger partial charge >= 0.3 is 6.09 Å². The van der Waals surface area contributed by atoms with Crippen LogP contribution < -0.4 is 16.8 Å². The number of halogens is 2. The molecule has 1 aromatic heterocycles. The van der Waals surface area contributed by atoms with E-state index in [1.54, 1.807) is 39.8 Å². The molecule has 0 radical (unpaired) electrons. The number of benzene rings is 1. The number of nitrogen functional groups attached to an aromatic ring is 1. The number of amides is 1. The molecule has 26 heavy (non-hydrogen) atoms. The molecule has 1 amide bonds. The maximum atomic E-state index is 11.7. The fourth-order valence-electron chi connectivity index (χ4n) is 1.73. The monoisotopic (exact) mass is 434 g/mol. The topological polar surface area (TPSA) is 129 Å². The third-order valence-electron chi connectivity index (χ3n) is 2.82. The standard InChI is InChI=1S/C14H16Cl2N6O2S2/c15-9-3-1-2-8(10(9)16)11-12(18)19-13(22-21-11)20-14(23)24-5-7-26-25-6-4-17/h1-3H,4-7,17H2,(H3,18,19,20,22,23). The lowest BCUT2D eigenvalue weighted by Crippen LogP contribution is -2.18. The van der Waals surface area contributed by atoms with Gasteiger partial charge in [-0.05, 0) is 6.07 Å². The fraction of sp³-hybridized carbons (Fsp3) is 0.286. The van der Waals surface area contributed by atoms with Crippen molar-refractivity contribution in [2.75, 3.05) is 35.7 Å². The average molecular weight is 435 g/mol. The Balaban J connectivity index is 1.93. The lowest BCUT2D eigenvalue weighted by atomic mass is 10.1. The highest BCUT2D eigenvalue weighted by molar-refractivity contribution is 8.76. The maximum Gasteiger partial charge on any atom is 0.414 e. The number of aromatic nitrogens is 3. The van der Waals surface area contributed by atoms with Crippen molar-refractivity contribution in [3.8, 4) is 11.3 Å². The van der Waals surface area contributed by atoms with Crippen molar-refractivity contribution in [3.05, 3.63) is 28.2 Å². The molecule has 12 heteroatoms. The normalized spacial score (nSPS) is 10.6. The Morgan fingerprint density at radius 2 is 2.00 bits per heavy atom. The van der Waals surface area contributed by atoms with Crippen molar-refractivity contribution in [2.24, 2.45) is 5.73 Å². The molecule has 1 heterocycles. The van der Waals surface area contributed by atoms with Crippen LogP contribution >= 0.6 is 44.8 Å². The van der Waals surface area contributed by atoms with Gasteiger partial charge in [0.1, 0.15) is 12.3 Å². The summed E-state index contributed by atoms with van der Waals surface area (Å²) in [5, 5.41) is 10.8. The molecule has 0 aliphatic heterocycles. The summed E-state index contributed by atoms with van der Waals surface area (Å²) in [6, 6.07) is 5.04. The predicted octanol–water partition coefficient (Wildman–Crippen LogP) is 3.32. The van der Waals surface area contributed by atoms with Gasteiger partial charge in [0.2, 0.25) is 0 Å². The van der Waals surface area contributed by atoms with E-state index in [9.17, 15) is 4.79 Å². The summed E-state index contributed by atoms with van der Waals surface area (Å²) in [7, 11) is 3.20. The number of carbonyl (C=O) groups is 1. The van der Waals surface area contributed by atoms with E-state index in [-0.39, 0.29) is 24.1 Å². The van der Waals surface area contributed by atoms with Gasteiger partial charge in [-0.25, -0.2) is 4.79 Å². The molecule has 1 aromatic carbocycles. The summed E-state index contributed by atoms with van der Waals surface area (Å²) in [5.41, 5.74) is 12.0. The molecule has 0 atom stereocenters. The zero-order valence-corrected chi connectivity index (χ0v) is 16.6. The summed E-state index contributed by atoms with van der Waals surface area (Å²) in [4.78, 5) is 15.7. The number of nitrogens with two attached hydrogens (primary N) is 2. The van der Waals surface area contributed by atoms with Crippen LogP contribution in [0.25, 0.3) is 11.3 Å². The van der Waals surface area contributed by atoms with Gasteiger partial charge in [0.25, 0.3) is 5.95 Å². The molecule has 0 bridgehead atoms. The quantitative estimate of drug-likeness (QED) is 0.422. The summed E-state index contributed by atoms with van der Waals surface area (Å²) >= 11 is 12.1. The first kappa shape index (κ1) is 20.8. The summed E-state index contributed by atoms with van der Waals surface area (Å²) < 4.78 is 5.01. The number of carbonyl (C=O) groups excluding carboxylic acids is 1. The van der Waals surface area contributed by atoms with Crippen LogP contribution in [0.1, 0.15) is 0 Å². The highest BCUT2D eigenvalue weighted by atomic mass is 35.5. The lowest BCUT2D eigenvalue weighted by Gasteiger charge is -2.09. The van der Waals surface area contributed by atoms with Gasteiger partial charge in [-0.1, -0.05) is 56.9 Å². The molecule has 0 aliphatic rings. The van der Waals surface area contributed by atoms with E-state index in [0.29, 0.717) is 27.9 Å². The Bertz CT molecular complexity index is 768. The fourth-order valence-corrected chi connectivity index (χ4v) is 3.80. The molecule has 0 aliphatic carbocycles.